The molecule has 0 radical (unpaired) electrons. The van der Waals surface area contributed by atoms with E-state index >= 15 is 0 Å². The van der Waals surface area contributed by atoms with E-state index in [2.05, 4.69) is 37.4 Å². The molecule has 1 N–H and O–H groups in total. The van der Waals surface area contributed by atoms with E-state index in [0.29, 0.717) is 12.0 Å². The second kappa shape index (κ2) is 8.13. The van der Waals surface area contributed by atoms with Crippen LogP contribution in [0.1, 0.15) is 40.4 Å². The first kappa shape index (κ1) is 19.9. The van der Waals surface area contributed by atoms with Crippen molar-refractivity contribution in [1.82, 2.24) is 15.1 Å². The lowest BCUT2D eigenvalue weighted by atomic mass is 9.96. The van der Waals surface area contributed by atoms with E-state index in [4.69, 9.17) is 16.7 Å². The molecule has 29 heavy (non-hydrogen) atoms. The molecule has 0 unspecified atom stereocenters. The van der Waals surface area contributed by atoms with Gasteiger partial charge in [0, 0.05) is 34.8 Å². The van der Waals surface area contributed by atoms with Gasteiger partial charge in [-0.3, -0.25) is 0 Å². The number of rotatable bonds is 5. The van der Waals surface area contributed by atoms with Crippen molar-refractivity contribution in [2.45, 2.75) is 45.7 Å². The molecule has 3 nitrogen and oxygen atoms in total. The van der Waals surface area contributed by atoms with E-state index in [1.54, 1.807) is 0 Å². The SMILES string of the molecule is Cc1ccc(-n2nc(C)c([C@H]3C=C[C@@H](NCc4ccc(F)cc4)C3)c2C)cc1Cl. The molecule has 0 spiro atoms. The quantitative estimate of drug-likeness (QED) is 0.540. The largest absolute Gasteiger partial charge is 0.306 e. The maximum absolute atomic E-state index is 13.1. The van der Waals surface area contributed by atoms with Crippen molar-refractivity contribution in [3.8, 4) is 5.69 Å². The molecule has 0 fully saturated rings. The van der Waals surface area contributed by atoms with Crippen LogP contribution in [0, 0.1) is 26.6 Å². The van der Waals surface area contributed by atoms with Crippen LogP contribution in [-0.2, 0) is 6.54 Å². The number of hydrogen-bond donors (Lipinski definition) is 1. The van der Waals surface area contributed by atoms with Crippen LogP contribution in [0.3, 0.4) is 0 Å². The summed E-state index contributed by atoms with van der Waals surface area (Å²) in [6.07, 6.45) is 5.49. The third-order valence-corrected chi connectivity index (χ3v) is 6.09. The van der Waals surface area contributed by atoms with Crippen LogP contribution < -0.4 is 5.32 Å². The molecule has 0 amide bonds. The maximum Gasteiger partial charge on any atom is 0.123 e. The fraction of sp³-hybridized carbons (Fsp3) is 0.292. The summed E-state index contributed by atoms with van der Waals surface area (Å²) in [4.78, 5) is 0. The van der Waals surface area contributed by atoms with Crippen molar-refractivity contribution in [2.24, 2.45) is 0 Å². The van der Waals surface area contributed by atoms with E-state index in [1.807, 2.05) is 35.9 Å². The third kappa shape index (κ3) is 4.14. The van der Waals surface area contributed by atoms with Gasteiger partial charge in [0.15, 0.2) is 0 Å². The number of benzene rings is 2. The van der Waals surface area contributed by atoms with Crippen molar-refractivity contribution >= 4 is 11.6 Å². The molecule has 4 rings (SSSR count). The zero-order chi connectivity index (χ0) is 20.5. The summed E-state index contributed by atoms with van der Waals surface area (Å²) in [6, 6.07) is 13.0. The fourth-order valence-electron chi connectivity index (χ4n) is 4.07. The molecule has 1 heterocycles. The van der Waals surface area contributed by atoms with Crippen LogP contribution in [0.5, 0.6) is 0 Å². The monoisotopic (exact) mass is 409 g/mol. The van der Waals surface area contributed by atoms with Gasteiger partial charge in [0.1, 0.15) is 5.82 Å². The third-order valence-electron chi connectivity index (χ3n) is 5.68. The molecule has 2 aromatic carbocycles. The Morgan fingerprint density at radius 3 is 2.59 bits per heavy atom. The highest BCUT2D eigenvalue weighted by Crippen LogP contribution is 2.34. The molecule has 0 saturated heterocycles. The molecule has 0 bridgehead atoms. The summed E-state index contributed by atoms with van der Waals surface area (Å²) in [7, 11) is 0. The number of aryl methyl sites for hydroxylation is 2. The summed E-state index contributed by atoms with van der Waals surface area (Å²) >= 11 is 6.32. The average Bonchev–Trinajstić information content (AvgIpc) is 3.27. The first-order valence-corrected chi connectivity index (χ1v) is 10.3. The molecule has 150 valence electrons. The number of nitrogens with zero attached hydrogens (tertiary/aromatic N) is 2. The van der Waals surface area contributed by atoms with Gasteiger partial charge in [0.05, 0.1) is 11.4 Å². The highest BCUT2D eigenvalue weighted by Gasteiger charge is 2.26. The van der Waals surface area contributed by atoms with Crippen molar-refractivity contribution in [2.75, 3.05) is 0 Å². The van der Waals surface area contributed by atoms with Gasteiger partial charge in [-0.1, -0.05) is 42.0 Å². The molecule has 3 aromatic rings. The van der Waals surface area contributed by atoms with Gasteiger partial charge < -0.3 is 5.32 Å². The first-order chi connectivity index (χ1) is 13.9. The van der Waals surface area contributed by atoms with Crippen molar-refractivity contribution in [1.29, 1.82) is 0 Å². The van der Waals surface area contributed by atoms with Gasteiger partial charge in [-0.2, -0.15) is 5.10 Å². The summed E-state index contributed by atoms with van der Waals surface area (Å²) in [5.74, 6) is 0.128. The van der Waals surface area contributed by atoms with Gasteiger partial charge in [-0.25, -0.2) is 9.07 Å². The number of nitrogens with one attached hydrogen (secondary N) is 1. The molecular weight excluding hydrogens is 385 g/mol. The van der Waals surface area contributed by atoms with Gasteiger partial charge in [-0.05, 0) is 62.6 Å². The van der Waals surface area contributed by atoms with Gasteiger partial charge in [0.25, 0.3) is 0 Å². The standard InChI is InChI=1S/C24H25ClFN3/c1-15-4-11-22(13-23(15)25)29-17(3)24(16(2)28-29)19-7-10-21(12-19)27-14-18-5-8-20(26)9-6-18/h4-11,13,19,21,27H,12,14H2,1-3H3/t19-,21+/m0/s1. The Kier molecular flexibility index (Phi) is 5.57. The van der Waals surface area contributed by atoms with Crippen LogP contribution in [0.2, 0.25) is 5.02 Å². The van der Waals surface area contributed by atoms with E-state index in [-0.39, 0.29) is 5.82 Å². The van der Waals surface area contributed by atoms with Gasteiger partial charge in [0.2, 0.25) is 0 Å². The Balaban J connectivity index is 1.48. The highest BCUT2D eigenvalue weighted by atomic mass is 35.5. The molecule has 1 aliphatic carbocycles. The number of aromatic nitrogens is 2. The Bertz CT molecular complexity index is 1050. The number of halogens is 2. The molecule has 0 saturated carbocycles. The normalized spacial score (nSPS) is 18.5. The van der Waals surface area contributed by atoms with E-state index < -0.39 is 0 Å². The zero-order valence-electron chi connectivity index (χ0n) is 16.9. The first-order valence-electron chi connectivity index (χ1n) is 9.91. The lowest BCUT2D eigenvalue weighted by Gasteiger charge is -2.15. The fourth-order valence-corrected chi connectivity index (χ4v) is 4.25. The molecule has 1 aliphatic rings. The smallest absolute Gasteiger partial charge is 0.123 e. The van der Waals surface area contributed by atoms with Crippen LogP contribution in [0.15, 0.2) is 54.6 Å². The second-order valence-electron chi connectivity index (χ2n) is 7.77. The second-order valence-corrected chi connectivity index (χ2v) is 8.18. The topological polar surface area (TPSA) is 29.9 Å². The molecule has 1 aromatic heterocycles. The molecule has 0 aliphatic heterocycles. The summed E-state index contributed by atoms with van der Waals surface area (Å²) in [6.45, 7) is 6.92. The Labute approximate surface area is 176 Å². The molecule has 2 atom stereocenters. The Morgan fingerprint density at radius 2 is 1.86 bits per heavy atom. The minimum absolute atomic E-state index is 0.201. The van der Waals surface area contributed by atoms with Crippen molar-refractivity contribution < 1.29 is 4.39 Å². The van der Waals surface area contributed by atoms with Crippen LogP contribution >= 0.6 is 11.6 Å². The van der Waals surface area contributed by atoms with E-state index in [1.165, 1.54) is 17.7 Å². The predicted molar refractivity (Wildman–Crippen MR) is 116 cm³/mol. The summed E-state index contributed by atoms with van der Waals surface area (Å²) in [5, 5.41) is 9.10. The van der Waals surface area contributed by atoms with E-state index in [0.717, 1.165) is 46.2 Å². The lowest BCUT2D eigenvalue weighted by Crippen LogP contribution is -2.25. The zero-order valence-corrected chi connectivity index (χ0v) is 17.7. The Hall–Kier alpha value is -2.43. The average molecular weight is 410 g/mol. The van der Waals surface area contributed by atoms with Gasteiger partial charge in [-0.15, -0.1) is 0 Å². The van der Waals surface area contributed by atoms with Crippen LogP contribution in [0.4, 0.5) is 4.39 Å². The molecular formula is C24H25ClFN3. The van der Waals surface area contributed by atoms with Crippen molar-refractivity contribution in [3.63, 3.8) is 0 Å². The Morgan fingerprint density at radius 1 is 1.10 bits per heavy atom. The molecule has 5 heteroatoms. The van der Waals surface area contributed by atoms with Crippen LogP contribution in [0.25, 0.3) is 5.69 Å². The van der Waals surface area contributed by atoms with E-state index in [9.17, 15) is 4.39 Å². The number of allylic oxidation sites excluding steroid dienone is 1. The predicted octanol–water partition coefficient (Wildman–Crippen LogP) is 5.79. The minimum Gasteiger partial charge on any atom is -0.306 e. The van der Waals surface area contributed by atoms with Gasteiger partial charge >= 0.3 is 0 Å². The highest BCUT2D eigenvalue weighted by molar-refractivity contribution is 6.31. The minimum atomic E-state index is -0.201. The van der Waals surface area contributed by atoms with Crippen LogP contribution in [-0.4, -0.2) is 15.8 Å². The maximum atomic E-state index is 13.1. The summed E-state index contributed by atoms with van der Waals surface area (Å²) in [5.41, 5.74) is 6.61. The number of hydrogen-bond acceptors (Lipinski definition) is 2. The van der Waals surface area contributed by atoms with Crippen molar-refractivity contribution in [3.05, 3.63) is 93.5 Å². The lowest BCUT2D eigenvalue weighted by molar-refractivity contribution is 0.558. The summed E-state index contributed by atoms with van der Waals surface area (Å²) < 4.78 is 15.1.